The fourth-order valence-electron chi connectivity index (χ4n) is 2.05. The minimum atomic E-state index is -0.456. The van der Waals surface area contributed by atoms with Crippen molar-refractivity contribution in [3.8, 4) is 0 Å². The summed E-state index contributed by atoms with van der Waals surface area (Å²) in [6.45, 7) is 12.8. The quantitative estimate of drug-likeness (QED) is 0.718. The van der Waals surface area contributed by atoms with Gasteiger partial charge in [0.05, 0.1) is 0 Å². The number of hydrogen-bond acceptors (Lipinski definition) is 5. The Bertz CT molecular complexity index is 511. The molecule has 1 amide bonds. The molecule has 1 aromatic rings. The molecule has 1 heterocycles. The van der Waals surface area contributed by atoms with Crippen LogP contribution in [0.3, 0.4) is 0 Å². The number of anilines is 2. The van der Waals surface area contributed by atoms with Crippen molar-refractivity contribution < 1.29 is 4.79 Å². The maximum Gasteiger partial charge on any atom is 0.219 e. The summed E-state index contributed by atoms with van der Waals surface area (Å²) in [5.41, 5.74) is 5.79. The normalized spacial score (nSPS) is 11.6. The monoisotopic (exact) mass is 293 g/mol. The summed E-state index contributed by atoms with van der Waals surface area (Å²) in [4.78, 5) is 20.3. The van der Waals surface area contributed by atoms with Gasteiger partial charge in [0.15, 0.2) is 0 Å². The predicted octanol–water partition coefficient (Wildman–Crippen LogP) is 2.41. The summed E-state index contributed by atoms with van der Waals surface area (Å²) in [5, 5.41) is 6.58. The van der Waals surface area contributed by atoms with Gasteiger partial charge in [-0.15, -0.1) is 0 Å². The van der Waals surface area contributed by atoms with E-state index < -0.39 is 5.54 Å². The minimum absolute atomic E-state index is 0.225. The Balaban J connectivity index is 3.18. The van der Waals surface area contributed by atoms with E-state index in [2.05, 4.69) is 34.4 Å². The van der Waals surface area contributed by atoms with Crippen molar-refractivity contribution in [3.05, 3.63) is 11.4 Å². The second kappa shape index (κ2) is 6.74. The average molecular weight is 293 g/mol. The summed E-state index contributed by atoms with van der Waals surface area (Å²) in [6, 6.07) is 0. The molecule has 1 aromatic heterocycles. The van der Waals surface area contributed by atoms with E-state index in [9.17, 15) is 4.79 Å². The molecule has 21 heavy (non-hydrogen) atoms. The fourth-order valence-corrected chi connectivity index (χ4v) is 2.05. The lowest BCUT2D eigenvalue weighted by molar-refractivity contribution is -0.118. The van der Waals surface area contributed by atoms with E-state index in [0.717, 1.165) is 29.6 Å². The van der Waals surface area contributed by atoms with Crippen LogP contribution in [-0.4, -0.2) is 28.0 Å². The molecule has 6 nitrogen and oxygen atoms in total. The van der Waals surface area contributed by atoms with E-state index in [0.29, 0.717) is 0 Å². The third-order valence-electron chi connectivity index (χ3n) is 3.10. The number of nitrogens with zero attached hydrogens (tertiary/aromatic N) is 2. The molecule has 0 aliphatic heterocycles. The molecule has 0 fully saturated rings. The molecule has 0 bridgehead atoms. The van der Waals surface area contributed by atoms with Crippen molar-refractivity contribution in [1.82, 2.24) is 9.97 Å². The Morgan fingerprint density at radius 1 is 1.29 bits per heavy atom. The van der Waals surface area contributed by atoms with Crippen LogP contribution >= 0.6 is 0 Å². The van der Waals surface area contributed by atoms with E-state index in [1.807, 2.05) is 27.7 Å². The van der Waals surface area contributed by atoms with Gasteiger partial charge in [0.25, 0.3) is 0 Å². The number of nitrogens with one attached hydrogen (secondary N) is 2. The highest BCUT2D eigenvalue weighted by molar-refractivity contribution is 5.75. The van der Waals surface area contributed by atoms with Crippen LogP contribution in [0.25, 0.3) is 0 Å². The Kier molecular flexibility index (Phi) is 5.52. The van der Waals surface area contributed by atoms with Gasteiger partial charge in [0, 0.05) is 30.0 Å². The smallest absolute Gasteiger partial charge is 0.219 e. The number of amides is 1. The highest BCUT2D eigenvalue weighted by atomic mass is 16.1. The molecule has 1 rings (SSSR count). The standard InChI is InChI=1S/C15H27N5O/c1-7-17-13-10(4)14(19-12(18-13)9(2)3)20-15(5,6)8-11(16)21/h9H,7-8H2,1-6H3,(H2,16,21)(H2,17,18,19,20). The molecule has 0 spiro atoms. The zero-order chi connectivity index (χ0) is 16.2. The lowest BCUT2D eigenvalue weighted by atomic mass is 10.00. The molecular formula is C15H27N5O. The largest absolute Gasteiger partial charge is 0.370 e. The van der Waals surface area contributed by atoms with E-state index in [4.69, 9.17) is 5.73 Å². The van der Waals surface area contributed by atoms with Crippen molar-refractivity contribution in [3.63, 3.8) is 0 Å². The Morgan fingerprint density at radius 3 is 2.33 bits per heavy atom. The second-order valence-electron chi connectivity index (χ2n) is 6.24. The van der Waals surface area contributed by atoms with E-state index in [1.54, 1.807) is 0 Å². The summed E-state index contributed by atoms with van der Waals surface area (Å²) in [7, 11) is 0. The Morgan fingerprint density at radius 2 is 1.86 bits per heavy atom. The van der Waals surface area contributed by atoms with Gasteiger partial charge in [-0.25, -0.2) is 9.97 Å². The van der Waals surface area contributed by atoms with Gasteiger partial charge in [-0.1, -0.05) is 13.8 Å². The lowest BCUT2D eigenvalue weighted by Crippen LogP contribution is -2.36. The van der Waals surface area contributed by atoms with Crippen molar-refractivity contribution in [2.75, 3.05) is 17.2 Å². The second-order valence-corrected chi connectivity index (χ2v) is 6.24. The summed E-state index contributed by atoms with van der Waals surface area (Å²) < 4.78 is 0. The SMILES string of the molecule is CCNc1nc(C(C)C)nc(NC(C)(C)CC(N)=O)c1C. The van der Waals surface area contributed by atoms with Gasteiger partial charge in [-0.3, -0.25) is 4.79 Å². The number of aromatic nitrogens is 2. The van der Waals surface area contributed by atoms with Crippen LogP contribution in [0.5, 0.6) is 0 Å². The van der Waals surface area contributed by atoms with Gasteiger partial charge < -0.3 is 16.4 Å². The molecule has 4 N–H and O–H groups in total. The maximum absolute atomic E-state index is 11.2. The maximum atomic E-state index is 11.2. The molecule has 0 saturated carbocycles. The fraction of sp³-hybridized carbons (Fsp3) is 0.667. The van der Waals surface area contributed by atoms with Crippen LogP contribution in [0.4, 0.5) is 11.6 Å². The lowest BCUT2D eigenvalue weighted by Gasteiger charge is -2.27. The Labute approximate surface area is 126 Å². The zero-order valence-corrected chi connectivity index (χ0v) is 13.9. The van der Waals surface area contributed by atoms with Crippen LogP contribution in [0.2, 0.25) is 0 Å². The number of primary amides is 1. The van der Waals surface area contributed by atoms with Gasteiger partial charge in [0.1, 0.15) is 17.5 Å². The minimum Gasteiger partial charge on any atom is -0.370 e. The number of rotatable bonds is 7. The van der Waals surface area contributed by atoms with Crippen molar-refractivity contribution in [2.24, 2.45) is 5.73 Å². The molecule has 0 aliphatic carbocycles. The third kappa shape index (κ3) is 4.88. The summed E-state index contributed by atoms with van der Waals surface area (Å²) in [6.07, 6.45) is 0.240. The molecule has 6 heteroatoms. The average Bonchev–Trinajstić information content (AvgIpc) is 2.31. The molecule has 0 saturated heterocycles. The van der Waals surface area contributed by atoms with E-state index >= 15 is 0 Å². The molecule has 0 atom stereocenters. The predicted molar refractivity (Wildman–Crippen MR) is 86.5 cm³/mol. The molecule has 0 aromatic carbocycles. The van der Waals surface area contributed by atoms with Crippen LogP contribution in [0.15, 0.2) is 0 Å². The van der Waals surface area contributed by atoms with Crippen molar-refractivity contribution in [1.29, 1.82) is 0 Å². The van der Waals surface area contributed by atoms with Gasteiger partial charge in [-0.05, 0) is 27.7 Å². The van der Waals surface area contributed by atoms with Crippen molar-refractivity contribution in [2.45, 2.75) is 59.4 Å². The van der Waals surface area contributed by atoms with E-state index in [-0.39, 0.29) is 18.2 Å². The third-order valence-corrected chi connectivity index (χ3v) is 3.10. The number of carbonyl (C=O) groups excluding carboxylic acids is 1. The van der Waals surface area contributed by atoms with E-state index in [1.165, 1.54) is 0 Å². The molecule has 0 unspecified atom stereocenters. The first-order valence-corrected chi connectivity index (χ1v) is 7.35. The van der Waals surface area contributed by atoms with Crippen LogP contribution in [0.1, 0.15) is 58.3 Å². The first-order valence-electron chi connectivity index (χ1n) is 7.35. The van der Waals surface area contributed by atoms with Gasteiger partial charge >= 0.3 is 0 Å². The molecule has 0 aliphatic rings. The summed E-state index contributed by atoms with van der Waals surface area (Å²) >= 11 is 0. The molecular weight excluding hydrogens is 266 g/mol. The highest BCUT2D eigenvalue weighted by Crippen LogP contribution is 2.26. The van der Waals surface area contributed by atoms with Gasteiger partial charge in [-0.2, -0.15) is 0 Å². The molecule has 0 radical (unpaired) electrons. The Hall–Kier alpha value is -1.85. The first kappa shape index (κ1) is 17.2. The molecule has 118 valence electrons. The van der Waals surface area contributed by atoms with Crippen LogP contribution in [0, 0.1) is 6.92 Å². The highest BCUT2D eigenvalue weighted by Gasteiger charge is 2.23. The van der Waals surface area contributed by atoms with Crippen molar-refractivity contribution >= 4 is 17.5 Å². The number of nitrogens with two attached hydrogens (primary N) is 1. The van der Waals surface area contributed by atoms with Crippen LogP contribution < -0.4 is 16.4 Å². The first-order chi connectivity index (χ1) is 9.66. The van der Waals surface area contributed by atoms with Crippen LogP contribution in [-0.2, 0) is 4.79 Å². The number of carbonyl (C=O) groups is 1. The number of hydrogen-bond donors (Lipinski definition) is 3. The zero-order valence-electron chi connectivity index (χ0n) is 13.9. The van der Waals surface area contributed by atoms with Gasteiger partial charge in [0.2, 0.25) is 5.91 Å². The topological polar surface area (TPSA) is 92.9 Å². The summed E-state index contributed by atoms with van der Waals surface area (Å²) in [5.74, 6) is 2.23.